The van der Waals surface area contributed by atoms with Crippen molar-refractivity contribution in [2.24, 2.45) is 0 Å². The molecule has 0 bridgehead atoms. The molecule has 1 aromatic heterocycles. The first-order chi connectivity index (χ1) is 9.72. The summed E-state index contributed by atoms with van der Waals surface area (Å²) in [6.07, 6.45) is 6.78. The number of aryl methyl sites for hydroxylation is 1. The van der Waals surface area contributed by atoms with Gasteiger partial charge in [0.2, 0.25) is 5.88 Å². The molecule has 1 rings (SSSR count). The lowest BCUT2D eigenvalue weighted by atomic mass is 10.2. The van der Waals surface area contributed by atoms with E-state index in [-0.39, 0.29) is 0 Å². The summed E-state index contributed by atoms with van der Waals surface area (Å²) in [6.45, 7) is 10.1. The van der Waals surface area contributed by atoms with Gasteiger partial charge in [-0.15, -0.1) is 0 Å². The lowest BCUT2D eigenvalue weighted by Crippen LogP contribution is -2.10. The molecule has 1 heterocycles. The average molecular weight is 279 g/mol. The number of anilines is 1. The third-order valence-corrected chi connectivity index (χ3v) is 3.20. The number of nitrogens with one attached hydrogen (secondary N) is 1. The zero-order valence-corrected chi connectivity index (χ0v) is 13.5. The van der Waals surface area contributed by atoms with E-state index < -0.39 is 0 Å². The molecule has 114 valence electrons. The molecule has 0 aliphatic heterocycles. The highest BCUT2D eigenvalue weighted by Gasteiger charge is 2.11. The van der Waals surface area contributed by atoms with Gasteiger partial charge in [0.1, 0.15) is 11.6 Å². The second-order valence-corrected chi connectivity index (χ2v) is 5.11. The van der Waals surface area contributed by atoms with Crippen LogP contribution in [-0.2, 0) is 6.42 Å². The number of unbranched alkanes of at least 4 members (excludes halogenated alkanes) is 3. The molecule has 0 aromatic carbocycles. The van der Waals surface area contributed by atoms with Crippen LogP contribution in [0.25, 0.3) is 0 Å². The lowest BCUT2D eigenvalue weighted by molar-refractivity contribution is 0.290. The Morgan fingerprint density at radius 2 is 1.80 bits per heavy atom. The fourth-order valence-corrected chi connectivity index (χ4v) is 2.05. The summed E-state index contributed by atoms with van der Waals surface area (Å²) in [5.74, 6) is 2.53. The van der Waals surface area contributed by atoms with Gasteiger partial charge in [-0.2, -0.15) is 4.98 Å². The van der Waals surface area contributed by atoms with Crippen LogP contribution in [0.4, 0.5) is 5.82 Å². The van der Waals surface area contributed by atoms with Gasteiger partial charge < -0.3 is 10.1 Å². The quantitative estimate of drug-likeness (QED) is 0.654. The number of hydrogen-bond acceptors (Lipinski definition) is 4. The van der Waals surface area contributed by atoms with E-state index in [0.29, 0.717) is 0 Å². The summed E-state index contributed by atoms with van der Waals surface area (Å²) in [6, 6.07) is 0. The summed E-state index contributed by atoms with van der Waals surface area (Å²) < 4.78 is 5.87. The summed E-state index contributed by atoms with van der Waals surface area (Å²) in [5.41, 5.74) is 1.02. The molecule has 4 nitrogen and oxygen atoms in total. The van der Waals surface area contributed by atoms with Crippen LogP contribution in [0.5, 0.6) is 5.88 Å². The molecule has 0 fully saturated rings. The van der Waals surface area contributed by atoms with Crippen LogP contribution in [-0.4, -0.2) is 23.1 Å². The monoisotopic (exact) mass is 279 g/mol. The normalized spacial score (nSPS) is 10.6. The number of rotatable bonds is 10. The molecule has 0 aliphatic carbocycles. The van der Waals surface area contributed by atoms with Crippen molar-refractivity contribution in [1.82, 2.24) is 9.97 Å². The van der Waals surface area contributed by atoms with E-state index in [1.165, 1.54) is 19.3 Å². The van der Waals surface area contributed by atoms with E-state index in [0.717, 1.165) is 55.5 Å². The Bertz CT molecular complexity index is 394. The standard InChI is InChI=1S/C16H29N3O/c1-5-8-9-10-12-20-16-13(4)15(17-7-3)18-14(19-16)11-6-2/h5-12H2,1-4H3,(H,17,18,19). The number of ether oxygens (including phenoxy) is 1. The van der Waals surface area contributed by atoms with Gasteiger partial charge in [-0.1, -0.05) is 33.1 Å². The maximum absolute atomic E-state index is 5.87. The number of nitrogens with zero attached hydrogens (tertiary/aromatic N) is 2. The van der Waals surface area contributed by atoms with Crippen molar-refractivity contribution >= 4 is 5.82 Å². The maximum Gasteiger partial charge on any atom is 0.221 e. The third kappa shape index (κ3) is 5.35. The van der Waals surface area contributed by atoms with Crippen LogP contribution in [0.15, 0.2) is 0 Å². The van der Waals surface area contributed by atoms with Gasteiger partial charge in [-0.05, 0) is 26.7 Å². The summed E-state index contributed by atoms with van der Waals surface area (Å²) in [7, 11) is 0. The second kappa shape index (κ2) is 9.56. The number of aromatic nitrogens is 2. The molecule has 0 amide bonds. The fourth-order valence-electron chi connectivity index (χ4n) is 2.05. The highest BCUT2D eigenvalue weighted by Crippen LogP contribution is 2.22. The van der Waals surface area contributed by atoms with E-state index in [2.05, 4.69) is 36.1 Å². The van der Waals surface area contributed by atoms with Crippen molar-refractivity contribution in [3.63, 3.8) is 0 Å². The zero-order chi connectivity index (χ0) is 14.8. The van der Waals surface area contributed by atoms with Crippen LogP contribution in [0.3, 0.4) is 0 Å². The summed E-state index contributed by atoms with van der Waals surface area (Å²) >= 11 is 0. The smallest absolute Gasteiger partial charge is 0.221 e. The SMILES string of the molecule is CCCCCCOc1nc(CCC)nc(NCC)c1C. The minimum Gasteiger partial charge on any atom is -0.477 e. The van der Waals surface area contributed by atoms with Gasteiger partial charge >= 0.3 is 0 Å². The minimum atomic E-state index is 0.745. The molecule has 0 aliphatic rings. The van der Waals surface area contributed by atoms with Crippen molar-refractivity contribution in [3.8, 4) is 5.88 Å². The number of hydrogen-bond donors (Lipinski definition) is 1. The van der Waals surface area contributed by atoms with Crippen LogP contribution >= 0.6 is 0 Å². The Morgan fingerprint density at radius 1 is 1.00 bits per heavy atom. The van der Waals surface area contributed by atoms with Crippen molar-refractivity contribution in [2.45, 2.75) is 66.2 Å². The second-order valence-electron chi connectivity index (χ2n) is 5.11. The first kappa shape index (κ1) is 16.7. The van der Waals surface area contributed by atoms with E-state index in [1.807, 2.05) is 6.92 Å². The maximum atomic E-state index is 5.87. The minimum absolute atomic E-state index is 0.745. The zero-order valence-electron chi connectivity index (χ0n) is 13.5. The van der Waals surface area contributed by atoms with E-state index in [1.54, 1.807) is 0 Å². The first-order valence-electron chi connectivity index (χ1n) is 7.97. The molecule has 0 unspecified atom stereocenters. The average Bonchev–Trinajstić information content (AvgIpc) is 2.43. The van der Waals surface area contributed by atoms with Crippen LogP contribution < -0.4 is 10.1 Å². The molecule has 0 atom stereocenters. The van der Waals surface area contributed by atoms with Gasteiger partial charge in [0.25, 0.3) is 0 Å². The lowest BCUT2D eigenvalue weighted by Gasteiger charge is -2.13. The molecule has 0 spiro atoms. The summed E-state index contributed by atoms with van der Waals surface area (Å²) in [4.78, 5) is 9.12. The Balaban J connectivity index is 2.71. The van der Waals surface area contributed by atoms with Gasteiger partial charge in [0.15, 0.2) is 0 Å². The van der Waals surface area contributed by atoms with Crippen LogP contribution in [0.1, 0.15) is 64.3 Å². The highest BCUT2D eigenvalue weighted by molar-refractivity contribution is 5.48. The van der Waals surface area contributed by atoms with Crippen molar-refractivity contribution in [1.29, 1.82) is 0 Å². The molecular formula is C16H29N3O. The van der Waals surface area contributed by atoms with Crippen LogP contribution in [0, 0.1) is 6.92 Å². The fraction of sp³-hybridized carbons (Fsp3) is 0.750. The van der Waals surface area contributed by atoms with E-state index in [4.69, 9.17) is 4.74 Å². The molecule has 20 heavy (non-hydrogen) atoms. The molecule has 1 N–H and O–H groups in total. The van der Waals surface area contributed by atoms with E-state index in [9.17, 15) is 0 Å². The predicted molar refractivity (Wildman–Crippen MR) is 84.6 cm³/mol. The van der Waals surface area contributed by atoms with Gasteiger partial charge in [-0.3, -0.25) is 0 Å². The van der Waals surface area contributed by atoms with Crippen LogP contribution in [0.2, 0.25) is 0 Å². The molecular weight excluding hydrogens is 250 g/mol. The molecule has 1 aromatic rings. The van der Waals surface area contributed by atoms with Crippen molar-refractivity contribution < 1.29 is 4.74 Å². The highest BCUT2D eigenvalue weighted by atomic mass is 16.5. The molecule has 0 saturated heterocycles. The third-order valence-electron chi connectivity index (χ3n) is 3.20. The predicted octanol–water partition coefficient (Wildman–Crippen LogP) is 4.13. The van der Waals surface area contributed by atoms with Crippen molar-refractivity contribution in [2.75, 3.05) is 18.5 Å². The molecule has 0 radical (unpaired) electrons. The first-order valence-corrected chi connectivity index (χ1v) is 7.97. The topological polar surface area (TPSA) is 47.0 Å². The molecule has 0 saturated carbocycles. The Hall–Kier alpha value is -1.32. The van der Waals surface area contributed by atoms with Gasteiger partial charge in [0.05, 0.1) is 12.2 Å². The largest absolute Gasteiger partial charge is 0.477 e. The van der Waals surface area contributed by atoms with Gasteiger partial charge in [0, 0.05) is 13.0 Å². The Kier molecular flexibility index (Phi) is 8.00. The Morgan fingerprint density at radius 3 is 2.45 bits per heavy atom. The van der Waals surface area contributed by atoms with E-state index >= 15 is 0 Å². The summed E-state index contributed by atoms with van der Waals surface area (Å²) in [5, 5.41) is 3.29. The van der Waals surface area contributed by atoms with Gasteiger partial charge in [-0.25, -0.2) is 4.98 Å². The Labute approximate surface area is 123 Å². The van der Waals surface area contributed by atoms with Crippen molar-refractivity contribution in [3.05, 3.63) is 11.4 Å². The molecule has 4 heteroatoms.